The average molecular weight is 432 g/mol. The summed E-state index contributed by atoms with van der Waals surface area (Å²) in [6.45, 7) is 5.14. The van der Waals surface area contributed by atoms with Crippen molar-refractivity contribution in [2.45, 2.75) is 26.3 Å². The highest BCUT2D eigenvalue weighted by Crippen LogP contribution is 2.35. The van der Waals surface area contributed by atoms with Crippen LogP contribution in [0, 0.1) is 6.92 Å². The third-order valence-electron chi connectivity index (χ3n) is 3.40. The first-order chi connectivity index (χ1) is 10.0. The van der Waals surface area contributed by atoms with Crippen LogP contribution in [0.3, 0.4) is 0 Å². The van der Waals surface area contributed by atoms with Crippen molar-refractivity contribution in [3.05, 3.63) is 67.1 Å². The Morgan fingerprint density at radius 3 is 2.62 bits per heavy atom. The summed E-state index contributed by atoms with van der Waals surface area (Å²) in [7, 11) is 0. The molecule has 4 heteroatoms. The molecule has 21 heavy (non-hydrogen) atoms. The summed E-state index contributed by atoms with van der Waals surface area (Å²) in [4.78, 5) is 0. The van der Waals surface area contributed by atoms with Gasteiger partial charge in [-0.15, -0.1) is 0 Å². The van der Waals surface area contributed by atoms with Crippen molar-refractivity contribution in [2.24, 2.45) is 0 Å². The van der Waals surface area contributed by atoms with Crippen molar-refractivity contribution in [2.75, 3.05) is 6.54 Å². The van der Waals surface area contributed by atoms with Crippen LogP contribution in [0.4, 0.5) is 0 Å². The molecular weight excluding hydrogens is 413 g/mol. The highest BCUT2D eigenvalue weighted by molar-refractivity contribution is 9.11. The van der Waals surface area contributed by atoms with Gasteiger partial charge in [-0.2, -0.15) is 0 Å². The lowest BCUT2D eigenvalue weighted by Gasteiger charge is -2.23. The Labute approximate surface area is 148 Å². The molecule has 1 N–H and O–H groups in total. The maximum absolute atomic E-state index is 6.54. The number of benzene rings is 2. The topological polar surface area (TPSA) is 12.0 Å². The second kappa shape index (κ2) is 7.77. The molecule has 0 bridgehead atoms. The minimum atomic E-state index is 0.0734. The molecule has 0 radical (unpaired) electrons. The largest absolute Gasteiger partial charge is 0.306 e. The predicted molar refractivity (Wildman–Crippen MR) is 98.2 cm³/mol. The van der Waals surface area contributed by atoms with Gasteiger partial charge in [-0.1, -0.05) is 68.6 Å². The van der Waals surface area contributed by atoms with Gasteiger partial charge >= 0.3 is 0 Å². The summed E-state index contributed by atoms with van der Waals surface area (Å²) >= 11 is 13.8. The minimum absolute atomic E-state index is 0.0734. The molecule has 1 nitrogen and oxygen atoms in total. The van der Waals surface area contributed by atoms with Crippen molar-refractivity contribution in [3.8, 4) is 0 Å². The smallest absolute Gasteiger partial charge is 0.0603 e. The molecule has 0 aliphatic rings. The Hall–Kier alpha value is -0.350. The van der Waals surface area contributed by atoms with Crippen molar-refractivity contribution in [1.29, 1.82) is 0 Å². The van der Waals surface area contributed by atoms with E-state index in [-0.39, 0.29) is 6.04 Å². The molecule has 2 aromatic rings. The third-order valence-corrected chi connectivity index (χ3v) is 5.13. The summed E-state index contributed by atoms with van der Waals surface area (Å²) in [6.07, 6.45) is 1.07. The Balaban J connectivity index is 2.52. The van der Waals surface area contributed by atoms with E-state index in [4.69, 9.17) is 11.6 Å². The molecule has 0 saturated heterocycles. The monoisotopic (exact) mass is 429 g/mol. The maximum atomic E-state index is 6.54. The zero-order chi connectivity index (χ0) is 15.4. The summed E-state index contributed by atoms with van der Waals surface area (Å²) in [5, 5.41) is 4.43. The summed E-state index contributed by atoms with van der Waals surface area (Å²) < 4.78 is 2.14. The Bertz CT molecular complexity index is 626. The van der Waals surface area contributed by atoms with E-state index < -0.39 is 0 Å². The number of nitrogens with one attached hydrogen (secondary N) is 1. The molecule has 2 rings (SSSR count). The second-order valence-corrected chi connectivity index (χ2v) is 7.18. The van der Waals surface area contributed by atoms with E-state index in [1.54, 1.807) is 0 Å². The Morgan fingerprint density at radius 1 is 1.14 bits per heavy atom. The van der Waals surface area contributed by atoms with Crippen molar-refractivity contribution in [1.82, 2.24) is 5.32 Å². The van der Waals surface area contributed by atoms with Crippen LogP contribution < -0.4 is 5.32 Å². The molecule has 0 aliphatic carbocycles. The Morgan fingerprint density at radius 2 is 1.90 bits per heavy atom. The molecule has 0 amide bonds. The highest BCUT2D eigenvalue weighted by Gasteiger charge is 2.19. The first-order valence-electron chi connectivity index (χ1n) is 6.98. The molecule has 0 aliphatic heterocycles. The second-order valence-electron chi connectivity index (χ2n) is 5.03. The average Bonchev–Trinajstić information content (AvgIpc) is 2.47. The lowest BCUT2D eigenvalue weighted by molar-refractivity contribution is 0.596. The van der Waals surface area contributed by atoms with Crippen LogP contribution >= 0.6 is 43.5 Å². The molecule has 1 unspecified atom stereocenters. The molecule has 0 aromatic heterocycles. The number of aryl methyl sites for hydroxylation is 1. The van der Waals surface area contributed by atoms with Crippen LogP contribution in [0.25, 0.3) is 0 Å². The van der Waals surface area contributed by atoms with Gasteiger partial charge in [0.2, 0.25) is 0 Å². The number of halogens is 3. The van der Waals surface area contributed by atoms with E-state index in [9.17, 15) is 0 Å². The van der Waals surface area contributed by atoms with Gasteiger partial charge in [0.05, 0.1) is 6.04 Å². The van der Waals surface area contributed by atoms with E-state index in [0.29, 0.717) is 0 Å². The van der Waals surface area contributed by atoms with Crippen LogP contribution in [0.2, 0.25) is 5.02 Å². The van der Waals surface area contributed by atoms with Crippen LogP contribution in [-0.2, 0) is 0 Å². The van der Waals surface area contributed by atoms with Gasteiger partial charge in [-0.3, -0.25) is 0 Å². The highest BCUT2D eigenvalue weighted by atomic mass is 79.9. The quantitative estimate of drug-likeness (QED) is 0.589. The first kappa shape index (κ1) is 17.0. The number of hydrogen-bond donors (Lipinski definition) is 1. The van der Waals surface area contributed by atoms with Crippen LogP contribution in [0.1, 0.15) is 36.1 Å². The van der Waals surface area contributed by atoms with Crippen LogP contribution in [0.5, 0.6) is 0 Å². The Kier molecular flexibility index (Phi) is 6.30. The summed E-state index contributed by atoms with van der Waals surface area (Å²) in [6, 6.07) is 12.5. The van der Waals surface area contributed by atoms with E-state index >= 15 is 0 Å². The summed E-state index contributed by atoms with van der Waals surface area (Å²) in [5.41, 5.74) is 3.40. The van der Waals surface area contributed by atoms with Crippen molar-refractivity contribution >= 4 is 43.5 Å². The fraction of sp³-hybridized carbons (Fsp3) is 0.294. The van der Waals surface area contributed by atoms with Gasteiger partial charge in [0.25, 0.3) is 0 Å². The molecule has 0 fully saturated rings. The van der Waals surface area contributed by atoms with Gasteiger partial charge in [-0.25, -0.2) is 0 Å². The lowest BCUT2D eigenvalue weighted by atomic mass is 9.97. The van der Waals surface area contributed by atoms with Crippen molar-refractivity contribution in [3.63, 3.8) is 0 Å². The first-order valence-corrected chi connectivity index (χ1v) is 8.94. The van der Waals surface area contributed by atoms with Gasteiger partial charge in [0.15, 0.2) is 0 Å². The van der Waals surface area contributed by atoms with E-state index in [1.807, 2.05) is 19.1 Å². The third kappa shape index (κ3) is 4.10. The fourth-order valence-corrected chi connectivity index (χ4v) is 3.39. The molecule has 112 valence electrons. The molecule has 2 aromatic carbocycles. The molecule has 0 heterocycles. The van der Waals surface area contributed by atoms with Gasteiger partial charge < -0.3 is 5.32 Å². The summed E-state index contributed by atoms with van der Waals surface area (Å²) in [5.74, 6) is 0. The zero-order valence-electron chi connectivity index (χ0n) is 12.1. The van der Waals surface area contributed by atoms with Crippen LogP contribution in [-0.4, -0.2) is 6.54 Å². The number of hydrogen-bond acceptors (Lipinski definition) is 1. The van der Waals surface area contributed by atoms with Crippen molar-refractivity contribution < 1.29 is 0 Å². The fourth-order valence-electron chi connectivity index (χ4n) is 2.31. The SMILES string of the molecule is CCCNC(c1cc(Br)ccc1Br)c1cccc(C)c1Cl. The minimum Gasteiger partial charge on any atom is -0.306 e. The molecule has 0 saturated carbocycles. The van der Waals surface area contributed by atoms with Gasteiger partial charge in [-0.05, 0) is 54.8 Å². The molecule has 0 spiro atoms. The standard InChI is InChI=1S/C17H18Br2ClN/c1-3-9-21-17(13-6-4-5-11(2)16(13)20)14-10-12(18)7-8-15(14)19/h4-8,10,17,21H,3,9H2,1-2H3. The van der Waals surface area contributed by atoms with E-state index in [0.717, 1.165) is 38.1 Å². The predicted octanol–water partition coefficient (Wildman–Crippen LogP) is 6.26. The molecule has 1 atom stereocenters. The maximum Gasteiger partial charge on any atom is 0.0603 e. The van der Waals surface area contributed by atoms with E-state index in [1.165, 1.54) is 5.56 Å². The number of rotatable bonds is 5. The lowest BCUT2D eigenvalue weighted by Crippen LogP contribution is -2.24. The van der Waals surface area contributed by atoms with Crippen LogP contribution in [0.15, 0.2) is 45.3 Å². The van der Waals surface area contributed by atoms with Gasteiger partial charge in [0.1, 0.15) is 0 Å². The zero-order valence-corrected chi connectivity index (χ0v) is 16.0. The van der Waals surface area contributed by atoms with E-state index in [2.05, 4.69) is 68.4 Å². The normalized spacial score (nSPS) is 12.4. The van der Waals surface area contributed by atoms with Gasteiger partial charge in [0, 0.05) is 14.0 Å². The molecular formula is C17H18Br2ClN.